The number of carboxylic acids is 1. The predicted octanol–water partition coefficient (Wildman–Crippen LogP) is 0.822. The first-order valence-electron chi connectivity index (χ1n) is 4.66. The van der Waals surface area contributed by atoms with Crippen molar-refractivity contribution in [2.45, 2.75) is 53.2 Å². The molecule has 0 fully saturated rings. The molecule has 0 radical (unpaired) electrons. The number of aliphatic hydroxyl groups is 2. The molecule has 3 N–H and O–H groups in total. The summed E-state index contributed by atoms with van der Waals surface area (Å²) in [6.07, 6.45) is -0.694. The molecule has 5 nitrogen and oxygen atoms in total. The molecule has 0 aliphatic carbocycles. The van der Waals surface area contributed by atoms with Crippen LogP contribution in [0.5, 0.6) is 0 Å². The van der Waals surface area contributed by atoms with Gasteiger partial charge in [-0.1, -0.05) is 0 Å². The van der Waals surface area contributed by atoms with Crippen molar-refractivity contribution in [1.29, 1.82) is 0 Å². The summed E-state index contributed by atoms with van der Waals surface area (Å²) in [5.74, 6) is -1.37. The standard InChI is InChI=1S/C4H6O3.2C3H8O.Ti/c1-3(5)2-4(6)7;2*1-3(2)4;/h2H2,1H3,(H,6,7);2*3-4H,1-2H3;. The van der Waals surface area contributed by atoms with Crippen LogP contribution in [0.1, 0.15) is 41.0 Å². The van der Waals surface area contributed by atoms with Crippen LogP contribution in [-0.2, 0) is 31.3 Å². The molecular weight excluding hydrogens is 248 g/mol. The van der Waals surface area contributed by atoms with Gasteiger partial charge in [0.2, 0.25) is 0 Å². The SMILES string of the molecule is CC(=O)CC(=O)O.CC(C)O.CC(C)O.[Ti]. The van der Waals surface area contributed by atoms with E-state index in [1.54, 1.807) is 27.7 Å². The van der Waals surface area contributed by atoms with E-state index in [9.17, 15) is 9.59 Å². The summed E-state index contributed by atoms with van der Waals surface area (Å²) >= 11 is 0. The molecule has 16 heavy (non-hydrogen) atoms. The van der Waals surface area contributed by atoms with E-state index in [2.05, 4.69) is 0 Å². The predicted molar refractivity (Wildman–Crippen MR) is 57.6 cm³/mol. The zero-order valence-corrected chi connectivity index (χ0v) is 12.1. The van der Waals surface area contributed by atoms with E-state index in [0.717, 1.165) is 0 Å². The summed E-state index contributed by atoms with van der Waals surface area (Å²) in [5.41, 5.74) is 0. The Morgan fingerprint density at radius 3 is 1.19 bits per heavy atom. The molecule has 0 unspecified atom stereocenters. The van der Waals surface area contributed by atoms with Crippen LogP contribution in [0.2, 0.25) is 0 Å². The van der Waals surface area contributed by atoms with Crippen LogP contribution in [0.4, 0.5) is 0 Å². The molecule has 0 bridgehead atoms. The molecule has 0 aliphatic heterocycles. The van der Waals surface area contributed by atoms with Gasteiger partial charge in [-0.3, -0.25) is 9.59 Å². The van der Waals surface area contributed by atoms with E-state index in [1.165, 1.54) is 6.92 Å². The van der Waals surface area contributed by atoms with Gasteiger partial charge in [-0.15, -0.1) is 0 Å². The van der Waals surface area contributed by atoms with Gasteiger partial charge >= 0.3 is 5.97 Å². The molecule has 0 saturated carbocycles. The van der Waals surface area contributed by atoms with Gasteiger partial charge in [0.1, 0.15) is 12.2 Å². The summed E-state index contributed by atoms with van der Waals surface area (Å²) in [5, 5.41) is 24.0. The number of hydrogen-bond acceptors (Lipinski definition) is 4. The number of Topliss-reactive ketones (excluding diaryl/α,β-unsaturated/α-hetero) is 1. The first-order valence-corrected chi connectivity index (χ1v) is 4.66. The van der Waals surface area contributed by atoms with Crippen molar-refractivity contribution in [1.82, 2.24) is 0 Å². The molecule has 0 atom stereocenters. The molecule has 0 amide bonds. The Hall–Kier alpha value is -0.226. The van der Waals surface area contributed by atoms with Gasteiger partial charge in [0.05, 0.1) is 0 Å². The number of ketones is 1. The van der Waals surface area contributed by atoms with Crippen molar-refractivity contribution in [3.63, 3.8) is 0 Å². The Kier molecular flexibility index (Phi) is 26.7. The Balaban J connectivity index is -0.0000000700. The van der Waals surface area contributed by atoms with Crippen molar-refractivity contribution in [2.75, 3.05) is 0 Å². The fraction of sp³-hybridized carbons (Fsp3) is 0.800. The zero-order valence-electron chi connectivity index (χ0n) is 10.5. The number of rotatable bonds is 2. The number of hydrogen-bond donors (Lipinski definition) is 3. The fourth-order valence-electron chi connectivity index (χ4n) is 0.213. The number of aliphatic hydroxyl groups excluding tert-OH is 2. The van der Waals surface area contributed by atoms with Crippen molar-refractivity contribution in [3.8, 4) is 0 Å². The van der Waals surface area contributed by atoms with Crippen LogP contribution < -0.4 is 0 Å². The minimum atomic E-state index is -1.06. The summed E-state index contributed by atoms with van der Waals surface area (Å²) in [7, 11) is 0. The maximum absolute atomic E-state index is 9.87. The Morgan fingerprint density at radius 1 is 1.00 bits per heavy atom. The quantitative estimate of drug-likeness (QED) is 0.510. The van der Waals surface area contributed by atoms with Gasteiger partial charge in [0.25, 0.3) is 0 Å². The summed E-state index contributed by atoms with van der Waals surface area (Å²) in [4.78, 5) is 19.5. The maximum Gasteiger partial charge on any atom is 0.310 e. The van der Waals surface area contributed by atoms with E-state index in [1.807, 2.05) is 0 Å². The molecule has 0 heterocycles. The second kappa shape index (κ2) is 17.2. The number of carbonyl (C=O) groups excluding carboxylic acids is 1. The Morgan fingerprint density at radius 2 is 1.19 bits per heavy atom. The zero-order chi connectivity index (χ0) is 13.0. The minimum absolute atomic E-state index is 0. The Labute approximate surface area is 112 Å². The molecule has 0 spiro atoms. The molecule has 0 saturated heterocycles. The number of aliphatic carboxylic acids is 1. The largest absolute Gasteiger partial charge is 0.481 e. The van der Waals surface area contributed by atoms with Crippen LogP contribution in [0.3, 0.4) is 0 Å². The average Bonchev–Trinajstić information content (AvgIpc) is 1.78. The third-order valence-electron chi connectivity index (χ3n) is 0.400. The summed E-state index contributed by atoms with van der Waals surface area (Å²) < 4.78 is 0. The average molecular weight is 270 g/mol. The molecule has 0 aromatic rings. The summed E-state index contributed by atoms with van der Waals surface area (Å²) in [6, 6.07) is 0. The van der Waals surface area contributed by atoms with Crippen LogP contribution in [-0.4, -0.2) is 39.3 Å². The molecular formula is C10H22O5Ti. The smallest absolute Gasteiger partial charge is 0.310 e. The second-order valence-electron chi connectivity index (χ2n) is 3.46. The fourth-order valence-corrected chi connectivity index (χ4v) is 0.213. The van der Waals surface area contributed by atoms with E-state index in [0.29, 0.717) is 0 Å². The van der Waals surface area contributed by atoms with E-state index in [-0.39, 0.29) is 46.1 Å². The number of carbonyl (C=O) groups is 2. The molecule has 0 rings (SSSR count). The minimum Gasteiger partial charge on any atom is -0.481 e. The molecule has 0 aliphatic rings. The van der Waals surface area contributed by atoms with Crippen LogP contribution in [0, 0.1) is 0 Å². The summed E-state index contributed by atoms with van der Waals surface area (Å²) in [6.45, 7) is 8.13. The first kappa shape index (κ1) is 24.8. The van der Waals surface area contributed by atoms with Crippen LogP contribution in [0.25, 0.3) is 0 Å². The monoisotopic (exact) mass is 270 g/mol. The van der Waals surface area contributed by atoms with Gasteiger partial charge in [-0.2, -0.15) is 0 Å². The van der Waals surface area contributed by atoms with Crippen molar-refractivity contribution < 1.29 is 46.6 Å². The van der Waals surface area contributed by atoms with Crippen molar-refractivity contribution >= 4 is 11.8 Å². The molecule has 96 valence electrons. The normalized spacial score (nSPS) is 8.06. The molecule has 6 heteroatoms. The van der Waals surface area contributed by atoms with E-state index in [4.69, 9.17) is 15.3 Å². The van der Waals surface area contributed by atoms with E-state index < -0.39 is 5.97 Å². The molecule has 0 aromatic heterocycles. The van der Waals surface area contributed by atoms with Crippen molar-refractivity contribution in [2.24, 2.45) is 0 Å². The van der Waals surface area contributed by atoms with Crippen molar-refractivity contribution in [3.05, 3.63) is 0 Å². The Bertz CT molecular complexity index is 145. The van der Waals surface area contributed by atoms with Crippen LogP contribution >= 0.6 is 0 Å². The van der Waals surface area contributed by atoms with Gasteiger partial charge in [-0.25, -0.2) is 0 Å². The maximum atomic E-state index is 9.87. The third-order valence-corrected chi connectivity index (χ3v) is 0.400. The third kappa shape index (κ3) is 158. The topological polar surface area (TPSA) is 94.8 Å². The molecule has 0 aromatic carbocycles. The first-order chi connectivity index (χ1) is 6.59. The van der Waals surface area contributed by atoms with Gasteiger partial charge in [-0.05, 0) is 34.6 Å². The van der Waals surface area contributed by atoms with Crippen LogP contribution in [0.15, 0.2) is 0 Å². The van der Waals surface area contributed by atoms with E-state index >= 15 is 0 Å². The van der Waals surface area contributed by atoms with Gasteiger partial charge in [0.15, 0.2) is 0 Å². The second-order valence-corrected chi connectivity index (χ2v) is 3.46. The van der Waals surface area contributed by atoms with Gasteiger partial charge in [0, 0.05) is 33.9 Å². The van der Waals surface area contributed by atoms with Gasteiger partial charge < -0.3 is 15.3 Å². The number of carboxylic acid groups (broad SMARTS) is 1.